The number of nitrogens with one attached hydrogen (secondary N) is 1. The van der Waals surface area contributed by atoms with Gasteiger partial charge in [0.25, 0.3) is 0 Å². The molecule has 0 aliphatic carbocycles. The number of nitrogens with two attached hydrogens (primary N) is 1. The molecule has 2 amide bonds. The first kappa shape index (κ1) is 22.4. The van der Waals surface area contributed by atoms with Crippen molar-refractivity contribution in [2.24, 2.45) is 11.7 Å². The van der Waals surface area contributed by atoms with Crippen LogP contribution in [0, 0.1) is 5.92 Å². The molecule has 3 aromatic rings. The molecule has 7 heteroatoms. The van der Waals surface area contributed by atoms with Crippen molar-refractivity contribution in [2.75, 3.05) is 6.54 Å². The molecule has 1 aliphatic heterocycles. The van der Waals surface area contributed by atoms with E-state index in [1.165, 1.54) is 10.8 Å². The SMILES string of the molecule is CC(C)[C@H](NC(=O)[C@H](C)N)C(=O)N1CCC[C@H]1c1nc(-c2ccc3ccccc3c2)cs1. The predicted octanol–water partition coefficient (Wildman–Crippen LogP) is 4.11. The zero-order chi connectivity index (χ0) is 22.8. The number of hydrogen-bond acceptors (Lipinski definition) is 5. The van der Waals surface area contributed by atoms with Gasteiger partial charge in [0.1, 0.15) is 11.0 Å². The molecule has 0 unspecified atom stereocenters. The van der Waals surface area contributed by atoms with Crippen LogP contribution in [0.5, 0.6) is 0 Å². The van der Waals surface area contributed by atoms with E-state index >= 15 is 0 Å². The summed E-state index contributed by atoms with van der Waals surface area (Å²) < 4.78 is 0. The summed E-state index contributed by atoms with van der Waals surface area (Å²) >= 11 is 1.59. The van der Waals surface area contributed by atoms with Gasteiger partial charge in [-0.2, -0.15) is 0 Å². The van der Waals surface area contributed by atoms with Crippen molar-refractivity contribution in [3.8, 4) is 11.3 Å². The second-order valence-electron chi connectivity index (χ2n) is 8.84. The molecule has 32 heavy (non-hydrogen) atoms. The average molecular weight is 451 g/mol. The van der Waals surface area contributed by atoms with Gasteiger partial charge in [0.2, 0.25) is 11.8 Å². The van der Waals surface area contributed by atoms with Crippen LogP contribution in [-0.4, -0.2) is 40.3 Å². The van der Waals surface area contributed by atoms with Crippen LogP contribution >= 0.6 is 11.3 Å². The zero-order valence-electron chi connectivity index (χ0n) is 18.7. The third-order valence-electron chi connectivity index (χ3n) is 6.03. The van der Waals surface area contributed by atoms with E-state index in [0.29, 0.717) is 6.54 Å². The van der Waals surface area contributed by atoms with Crippen LogP contribution in [0.15, 0.2) is 47.8 Å². The molecule has 1 saturated heterocycles. The molecular formula is C25H30N4O2S. The number of aromatic nitrogens is 1. The summed E-state index contributed by atoms with van der Waals surface area (Å²) in [6, 6.07) is 13.3. The van der Waals surface area contributed by atoms with E-state index in [1.54, 1.807) is 18.3 Å². The minimum Gasteiger partial charge on any atom is -0.343 e. The van der Waals surface area contributed by atoms with Crippen molar-refractivity contribution in [3.05, 3.63) is 52.9 Å². The van der Waals surface area contributed by atoms with Crippen molar-refractivity contribution >= 4 is 33.9 Å². The number of thiazole rings is 1. The highest BCUT2D eigenvalue weighted by Gasteiger charge is 2.37. The Morgan fingerprint density at radius 3 is 2.62 bits per heavy atom. The lowest BCUT2D eigenvalue weighted by Gasteiger charge is -2.30. The summed E-state index contributed by atoms with van der Waals surface area (Å²) in [4.78, 5) is 32.4. The van der Waals surface area contributed by atoms with Gasteiger partial charge in [0, 0.05) is 17.5 Å². The number of fused-ring (bicyclic) bond motifs is 1. The third-order valence-corrected chi connectivity index (χ3v) is 6.98. The Hall–Kier alpha value is -2.77. The summed E-state index contributed by atoms with van der Waals surface area (Å²) in [5.74, 6) is -0.393. The van der Waals surface area contributed by atoms with Crippen molar-refractivity contribution in [3.63, 3.8) is 0 Å². The number of rotatable bonds is 6. The van der Waals surface area contributed by atoms with Gasteiger partial charge < -0.3 is 16.0 Å². The van der Waals surface area contributed by atoms with Crippen LogP contribution in [0.3, 0.4) is 0 Å². The Morgan fingerprint density at radius 1 is 1.16 bits per heavy atom. The fraction of sp³-hybridized carbons (Fsp3) is 0.400. The van der Waals surface area contributed by atoms with Crippen LogP contribution in [0.4, 0.5) is 0 Å². The summed E-state index contributed by atoms with van der Waals surface area (Å²) in [7, 11) is 0. The maximum Gasteiger partial charge on any atom is 0.246 e. The summed E-state index contributed by atoms with van der Waals surface area (Å²) in [5.41, 5.74) is 7.71. The monoisotopic (exact) mass is 450 g/mol. The van der Waals surface area contributed by atoms with E-state index in [-0.39, 0.29) is 23.8 Å². The fourth-order valence-corrected chi connectivity index (χ4v) is 5.16. The molecule has 0 saturated carbocycles. The van der Waals surface area contributed by atoms with Crippen molar-refractivity contribution < 1.29 is 9.59 Å². The molecule has 6 nitrogen and oxygen atoms in total. The number of hydrogen-bond donors (Lipinski definition) is 2. The van der Waals surface area contributed by atoms with E-state index in [9.17, 15) is 9.59 Å². The second-order valence-corrected chi connectivity index (χ2v) is 9.73. The number of carbonyl (C=O) groups is 2. The average Bonchev–Trinajstić information content (AvgIpc) is 3.45. The molecule has 3 N–H and O–H groups in total. The molecule has 0 spiro atoms. The van der Waals surface area contributed by atoms with Gasteiger partial charge in [-0.05, 0) is 42.5 Å². The molecule has 168 valence electrons. The van der Waals surface area contributed by atoms with Crippen LogP contribution in [0.25, 0.3) is 22.0 Å². The Morgan fingerprint density at radius 2 is 1.91 bits per heavy atom. The van der Waals surface area contributed by atoms with Gasteiger partial charge >= 0.3 is 0 Å². The summed E-state index contributed by atoms with van der Waals surface area (Å²) in [5, 5.41) is 8.24. The standard InChI is InChI=1S/C25H30N4O2S/c1-15(2)22(28-23(30)16(3)26)25(31)29-12-6-9-21(29)24-27-20(14-32-24)19-11-10-17-7-4-5-8-18(17)13-19/h4-5,7-8,10-11,13-16,21-22H,6,9,12,26H2,1-3H3,(H,28,30)/t16-,21-,22-/m0/s1. The zero-order valence-corrected chi connectivity index (χ0v) is 19.6. The molecule has 2 aromatic carbocycles. The van der Waals surface area contributed by atoms with E-state index in [0.717, 1.165) is 29.1 Å². The summed E-state index contributed by atoms with van der Waals surface area (Å²) in [6.07, 6.45) is 1.80. The molecule has 1 aliphatic rings. The second kappa shape index (κ2) is 9.38. The van der Waals surface area contributed by atoms with Gasteiger partial charge in [-0.15, -0.1) is 11.3 Å². The molecule has 1 aromatic heterocycles. The van der Waals surface area contributed by atoms with Gasteiger partial charge in [-0.3, -0.25) is 9.59 Å². The number of benzene rings is 2. The Balaban J connectivity index is 1.56. The number of likely N-dealkylation sites (tertiary alicyclic amines) is 1. The van der Waals surface area contributed by atoms with Gasteiger partial charge in [0.15, 0.2) is 0 Å². The lowest BCUT2D eigenvalue weighted by atomic mass is 10.0. The van der Waals surface area contributed by atoms with E-state index in [1.807, 2.05) is 30.9 Å². The van der Waals surface area contributed by atoms with Gasteiger partial charge in [-0.25, -0.2) is 4.98 Å². The molecule has 1 fully saturated rings. The van der Waals surface area contributed by atoms with Crippen LogP contribution in [-0.2, 0) is 9.59 Å². The Labute approximate surface area is 192 Å². The highest BCUT2D eigenvalue weighted by molar-refractivity contribution is 7.10. The highest BCUT2D eigenvalue weighted by atomic mass is 32.1. The maximum absolute atomic E-state index is 13.4. The van der Waals surface area contributed by atoms with Crippen LogP contribution < -0.4 is 11.1 Å². The maximum atomic E-state index is 13.4. The fourth-order valence-electron chi connectivity index (χ4n) is 4.19. The van der Waals surface area contributed by atoms with Gasteiger partial charge in [-0.1, -0.05) is 50.2 Å². The molecular weight excluding hydrogens is 420 g/mol. The minimum atomic E-state index is -0.651. The topological polar surface area (TPSA) is 88.3 Å². The van der Waals surface area contributed by atoms with E-state index < -0.39 is 12.1 Å². The number of nitrogens with zero attached hydrogens (tertiary/aromatic N) is 2. The van der Waals surface area contributed by atoms with Gasteiger partial charge in [0.05, 0.1) is 17.8 Å². The Bertz CT molecular complexity index is 1120. The molecule has 2 heterocycles. The largest absolute Gasteiger partial charge is 0.343 e. The summed E-state index contributed by atoms with van der Waals surface area (Å²) in [6.45, 7) is 6.18. The third kappa shape index (κ3) is 4.54. The smallest absolute Gasteiger partial charge is 0.246 e. The first-order valence-electron chi connectivity index (χ1n) is 11.2. The first-order valence-corrected chi connectivity index (χ1v) is 12.0. The number of carbonyl (C=O) groups excluding carboxylic acids is 2. The first-order chi connectivity index (χ1) is 15.3. The number of amides is 2. The van der Waals surface area contributed by atoms with E-state index in [4.69, 9.17) is 10.7 Å². The predicted molar refractivity (Wildman–Crippen MR) is 129 cm³/mol. The van der Waals surface area contributed by atoms with E-state index in [2.05, 4.69) is 41.0 Å². The van der Waals surface area contributed by atoms with Crippen LogP contribution in [0.1, 0.15) is 44.7 Å². The minimum absolute atomic E-state index is 0.0316. The van der Waals surface area contributed by atoms with Crippen molar-refractivity contribution in [1.82, 2.24) is 15.2 Å². The molecule has 0 radical (unpaired) electrons. The molecule has 0 bridgehead atoms. The lowest BCUT2D eigenvalue weighted by molar-refractivity contribution is -0.138. The lowest BCUT2D eigenvalue weighted by Crippen LogP contribution is -2.54. The quantitative estimate of drug-likeness (QED) is 0.591. The molecule has 4 rings (SSSR count). The van der Waals surface area contributed by atoms with Crippen molar-refractivity contribution in [2.45, 2.75) is 51.7 Å². The highest BCUT2D eigenvalue weighted by Crippen LogP contribution is 2.36. The normalized spacial score (nSPS) is 18.2. The molecule has 3 atom stereocenters. The van der Waals surface area contributed by atoms with Crippen molar-refractivity contribution in [1.29, 1.82) is 0 Å². The van der Waals surface area contributed by atoms with Crippen LogP contribution in [0.2, 0.25) is 0 Å². The Kier molecular flexibility index (Phi) is 6.58.